The molecule has 0 bridgehead atoms. The summed E-state index contributed by atoms with van der Waals surface area (Å²) in [7, 11) is 0. The predicted octanol–water partition coefficient (Wildman–Crippen LogP) is 1.42. The van der Waals surface area contributed by atoms with Crippen molar-refractivity contribution in [3.05, 3.63) is 0 Å². The van der Waals surface area contributed by atoms with Gasteiger partial charge in [-0.3, -0.25) is 4.99 Å². The number of aliphatic imine (C=N–C) groups is 1. The van der Waals surface area contributed by atoms with Crippen LogP contribution in [0.1, 0.15) is 40.0 Å². The van der Waals surface area contributed by atoms with Crippen LogP contribution < -0.4 is 11.1 Å². The van der Waals surface area contributed by atoms with Crippen molar-refractivity contribution in [2.24, 2.45) is 16.6 Å². The second kappa shape index (κ2) is 7.54. The molecule has 0 aromatic carbocycles. The van der Waals surface area contributed by atoms with Gasteiger partial charge in [0.1, 0.15) is 0 Å². The molecule has 3 N–H and O–H groups in total. The number of nitrogens with one attached hydrogen (secondary N) is 1. The van der Waals surface area contributed by atoms with Gasteiger partial charge in [0.05, 0.1) is 0 Å². The molecule has 0 radical (unpaired) electrons. The van der Waals surface area contributed by atoms with Crippen molar-refractivity contribution >= 4 is 5.96 Å². The van der Waals surface area contributed by atoms with Crippen molar-refractivity contribution in [1.82, 2.24) is 10.2 Å². The number of nitrogens with zero attached hydrogens (tertiary/aromatic N) is 2. The number of hydrogen-bond donors (Lipinski definition) is 2. The van der Waals surface area contributed by atoms with Crippen molar-refractivity contribution in [1.29, 1.82) is 0 Å². The Morgan fingerprint density at radius 3 is 2.59 bits per heavy atom. The molecule has 1 aliphatic rings. The summed E-state index contributed by atoms with van der Waals surface area (Å²) in [6, 6.07) is 0.410. The third kappa shape index (κ3) is 5.91. The van der Waals surface area contributed by atoms with E-state index < -0.39 is 0 Å². The molecular weight excluding hydrogens is 212 g/mol. The molecule has 0 saturated carbocycles. The molecule has 1 fully saturated rings. The quantitative estimate of drug-likeness (QED) is 0.545. The van der Waals surface area contributed by atoms with Gasteiger partial charge in [0.25, 0.3) is 0 Å². The first-order valence-electron chi connectivity index (χ1n) is 6.90. The highest BCUT2D eigenvalue weighted by Crippen LogP contribution is 2.10. The minimum Gasteiger partial charge on any atom is -0.370 e. The van der Waals surface area contributed by atoms with E-state index in [0.29, 0.717) is 17.9 Å². The lowest BCUT2D eigenvalue weighted by atomic mass is 10.2. The van der Waals surface area contributed by atoms with Crippen LogP contribution in [0, 0.1) is 5.92 Å². The van der Waals surface area contributed by atoms with E-state index in [1.165, 1.54) is 25.9 Å². The second-order valence-corrected chi connectivity index (χ2v) is 5.29. The molecule has 0 spiro atoms. The highest BCUT2D eigenvalue weighted by Gasteiger charge is 2.14. The molecule has 1 rings (SSSR count). The van der Waals surface area contributed by atoms with Gasteiger partial charge in [0.2, 0.25) is 0 Å². The lowest BCUT2D eigenvalue weighted by Crippen LogP contribution is -2.38. The summed E-state index contributed by atoms with van der Waals surface area (Å²) < 4.78 is 0. The summed E-state index contributed by atoms with van der Waals surface area (Å²) >= 11 is 0. The third-order valence-corrected chi connectivity index (χ3v) is 3.35. The average molecular weight is 240 g/mol. The maximum absolute atomic E-state index is 5.83. The highest BCUT2D eigenvalue weighted by molar-refractivity contribution is 5.78. The van der Waals surface area contributed by atoms with E-state index in [-0.39, 0.29) is 0 Å². The Hall–Kier alpha value is -0.770. The van der Waals surface area contributed by atoms with E-state index in [4.69, 9.17) is 5.73 Å². The zero-order valence-corrected chi connectivity index (χ0v) is 11.6. The van der Waals surface area contributed by atoms with Gasteiger partial charge in [-0.15, -0.1) is 0 Å². The Bertz CT molecular complexity index is 234. The SMILES string of the molecule is CCC(C)NC(N)=NCC(C)CN1CCCC1. The molecule has 1 saturated heterocycles. The van der Waals surface area contributed by atoms with Crippen molar-refractivity contribution in [2.75, 3.05) is 26.2 Å². The molecule has 2 unspecified atom stereocenters. The largest absolute Gasteiger partial charge is 0.370 e. The van der Waals surface area contributed by atoms with E-state index in [1.807, 2.05) is 0 Å². The molecule has 0 aromatic heterocycles. The number of nitrogens with two attached hydrogens (primary N) is 1. The molecule has 2 atom stereocenters. The van der Waals surface area contributed by atoms with Gasteiger partial charge in [-0.1, -0.05) is 13.8 Å². The predicted molar refractivity (Wildman–Crippen MR) is 74.2 cm³/mol. The normalized spacial score (nSPS) is 21.5. The second-order valence-electron chi connectivity index (χ2n) is 5.29. The van der Waals surface area contributed by atoms with Crippen LogP contribution in [0.4, 0.5) is 0 Å². The molecule has 4 heteroatoms. The Balaban J connectivity index is 2.20. The highest BCUT2D eigenvalue weighted by atomic mass is 15.1. The van der Waals surface area contributed by atoms with Crippen LogP contribution >= 0.6 is 0 Å². The molecule has 17 heavy (non-hydrogen) atoms. The zero-order chi connectivity index (χ0) is 12.7. The molecule has 1 heterocycles. The summed E-state index contributed by atoms with van der Waals surface area (Å²) in [4.78, 5) is 6.94. The Labute approximate surface area is 106 Å². The fraction of sp³-hybridized carbons (Fsp3) is 0.923. The van der Waals surface area contributed by atoms with Crippen LogP contribution in [0.5, 0.6) is 0 Å². The first-order chi connectivity index (χ1) is 8.11. The minimum absolute atomic E-state index is 0.410. The maximum atomic E-state index is 5.83. The Morgan fingerprint density at radius 2 is 2.00 bits per heavy atom. The minimum atomic E-state index is 0.410. The number of rotatable bonds is 6. The van der Waals surface area contributed by atoms with Gasteiger partial charge < -0.3 is 16.0 Å². The number of likely N-dealkylation sites (tertiary alicyclic amines) is 1. The van der Waals surface area contributed by atoms with Crippen molar-refractivity contribution in [3.63, 3.8) is 0 Å². The number of guanidine groups is 1. The summed E-state index contributed by atoms with van der Waals surface area (Å²) in [5.41, 5.74) is 5.83. The molecule has 0 aromatic rings. The third-order valence-electron chi connectivity index (χ3n) is 3.35. The lowest BCUT2D eigenvalue weighted by molar-refractivity contribution is 0.291. The monoisotopic (exact) mass is 240 g/mol. The Morgan fingerprint density at radius 1 is 1.35 bits per heavy atom. The van der Waals surface area contributed by atoms with E-state index in [2.05, 4.69) is 36.0 Å². The lowest BCUT2D eigenvalue weighted by Gasteiger charge is -2.19. The Kier molecular flexibility index (Phi) is 6.34. The number of hydrogen-bond acceptors (Lipinski definition) is 2. The fourth-order valence-electron chi connectivity index (χ4n) is 2.12. The zero-order valence-electron chi connectivity index (χ0n) is 11.6. The van der Waals surface area contributed by atoms with Gasteiger partial charge in [0, 0.05) is 19.1 Å². The summed E-state index contributed by atoms with van der Waals surface area (Å²) in [5, 5.41) is 3.19. The smallest absolute Gasteiger partial charge is 0.188 e. The van der Waals surface area contributed by atoms with Crippen molar-refractivity contribution in [2.45, 2.75) is 46.1 Å². The first kappa shape index (κ1) is 14.3. The van der Waals surface area contributed by atoms with Crippen molar-refractivity contribution in [3.8, 4) is 0 Å². The van der Waals surface area contributed by atoms with Gasteiger partial charge in [-0.25, -0.2) is 0 Å². The molecule has 1 aliphatic heterocycles. The first-order valence-corrected chi connectivity index (χ1v) is 6.90. The summed E-state index contributed by atoms with van der Waals surface area (Å²) in [6.07, 6.45) is 3.78. The molecule has 0 amide bonds. The maximum Gasteiger partial charge on any atom is 0.188 e. The molecule has 0 aliphatic carbocycles. The van der Waals surface area contributed by atoms with E-state index >= 15 is 0 Å². The van der Waals surface area contributed by atoms with E-state index in [0.717, 1.165) is 19.5 Å². The van der Waals surface area contributed by atoms with E-state index in [9.17, 15) is 0 Å². The topological polar surface area (TPSA) is 53.6 Å². The van der Waals surface area contributed by atoms with Gasteiger partial charge >= 0.3 is 0 Å². The van der Waals surface area contributed by atoms with Crippen LogP contribution in [0.3, 0.4) is 0 Å². The van der Waals surface area contributed by atoms with Crippen molar-refractivity contribution < 1.29 is 0 Å². The standard InChI is InChI=1S/C13H28N4/c1-4-12(3)16-13(14)15-9-11(2)10-17-7-5-6-8-17/h11-12H,4-10H2,1-3H3,(H3,14,15,16). The average Bonchev–Trinajstić information content (AvgIpc) is 2.79. The van der Waals surface area contributed by atoms with E-state index in [1.54, 1.807) is 0 Å². The fourth-order valence-corrected chi connectivity index (χ4v) is 2.12. The molecular formula is C13H28N4. The van der Waals surface area contributed by atoms with Crippen LogP contribution in [0.15, 0.2) is 4.99 Å². The summed E-state index contributed by atoms with van der Waals surface area (Å²) in [5.74, 6) is 1.18. The molecule has 100 valence electrons. The van der Waals surface area contributed by atoms with Gasteiger partial charge in [0.15, 0.2) is 5.96 Å². The van der Waals surface area contributed by atoms with Crippen LogP contribution in [0.2, 0.25) is 0 Å². The molecule has 4 nitrogen and oxygen atoms in total. The van der Waals surface area contributed by atoms with Gasteiger partial charge in [-0.2, -0.15) is 0 Å². The van der Waals surface area contributed by atoms with Crippen LogP contribution in [-0.2, 0) is 0 Å². The summed E-state index contributed by atoms with van der Waals surface area (Å²) in [6.45, 7) is 11.0. The van der Waals surface area contributed by atoms with Crippen LogP contribution in [0.25, 0.3) is 0 Å². The van der Waals surface area contributed by atoms with Crippen LogP contribution in [-0.4, -0.2) is 43.1 Å². The van der Waals surface area contributed by atoms with Gasteiger partial charge in [-0.05, 0) is 45.2 Å².